The average Bonchev–Trinajstić information content (AvgIpc) is 2.45. The minimum Gasteiger partial charge on any atom is -0.380 e. The largest absolute Gasteiger partial charge is 0.380 e. The summed E-state index contributed by atoms with van der Waals surface area (Å²) in [6.07, 6.45) is 0.170. The van der Waals surface area contributed by atoms with E-state index in [1.54, 1.807) is 19.1 Å². The number of nitro benzene ring substituents is 1. The Kier molecular flexibility index (Phi) is 5.67. The van der Waals surface area contributed by atoms with Gasteiger partial charge in [-0.15, -0.1) is 0 Å². The predicted molar refractivity (Wildman–Crippen MR) is 79.0 cm³/mol. The second kappa shape index (κ2) is 7.24. The van der Waals surface area contributed by atoms with Gasteiger partial charge in [-0.05, 0) is 26.0 Å². The molecule has 0 aromatic heterocycles. The molecule has 1 atom stereocenters. The number of carbonyl (C=O) groups excluding carboxylic acids is 1. The third-order valence-corrected chi connectivity index (χ3v) is 3.18. The standard InChI is InChI=1S/C14H18N4O3/c1-4-16-12-7-5-6-11(13(12)18(20)21)14(19)17(3)10(2)8-9-15/h5-7,10,16H,4,8H2,1-3H3. The summed E-state index contributed by atoms with van der Waals surface area (Å²) < 4.78 is 0. The van der Waals surface area contributed by atoms with Crippen molar-refractivity contribution in [2.75, 3.05) is 18.9 Å². The molecule has 0 heterocycles. The number of hydrogen-bond acceptors (Lipinski definition) is 5. The van der Waals surface area contributed by atoms with E-state index >= 15 is 0 Å². The van der Waals surface area contributed by atoms with Gasteiger partial charge in [-0.2, -0.15) is 5.26 Å². The molecule has 0 aliphatic heterocycles. The third-order valence-electron chi connectivity index (χ3n) is 3.18. The normalized spacial score (nSPS) is 11.3. The summed E-state index contributed by atoms with van der Waals surface area (Å²) in [6, 6.07) is 6.26. The van der Waals surface area contributed by atoms with Crippen molar-refractivity contribution in [1.82, 2.24) is 4.90 Å². The van der Waals surface area contributed by atoms with Crippen molar-refractivity contribution < 1.29 is 9.72 Å². The van der Waals surface area contributed by atoms with Gasteiger partial charge in [0.1, 0.15) is 11.3 Å². The minimum atomic E-state index is -0.561. The summed E-state index contributed by atoms with van der Waals surface area (Å²) in [5.41, 5.74) is 0.0979. The summed E-state index contributed by atoms with van der Waals surface area (Å²) in [7, 11) is 1.54. The Balaban J connectivity index is 3.23. The molecular formula is C14H18N4O3. The molecule has 0 saturated heterocycles. The van der Waals surface area contributed by atoms with Crippen LogP contribution < -0.4 is 5.32 Å². The van der Waals surface area contributed by atoms with Crippen LogP contribution in [-0.4, -0.2) is 35.4 Å². The van der Waals surface area contributed by atoms with Crippen LogP contribution in [-0.2, 0) is 0 Å². The highest BCUT2D eigenvalue weighted by atomic mass is 16.6. The lowest BCUT2D eigenvalue weighted by Gasteiger charge is -2.23. The van der Waals surface area contributed by atoms with Crippen LogP contribution in [0.1, 0.15) is 30.6 Å². The lowest BCUT2D eigenvalue weighted by molar-refractivity contribution is -0.384. The first kappa shape index (κ1) is 16.4. The number of nitrogens with one attached hydrogen (secondary N) is 1. The summed E-state index contributed by atoms with van der Waals surface area (Å²) in [5, 5.41) is 22.9. The Morgan fingerprint density at radius 1 is 1.57 bits per heavy atom. The molecule has 21 heavy (non-hydrogen) atoms. The molecule has 0 bridgehead atoms. The number of para-hydroxylation sites is 1. The highest BCUT2D eigenvalue weighted by Gasteiger charge is 2.27. The first-order chi connectivity index (χ1) is 9.93. The van der Waals surface area contributed by atoms with Crippen molar-refractivity contribution in [3.63, 3.8) is 0 Å². The number of hydrogen-bond donors (Lipinski definition) is 1. The maximum absolute atomic E-state index is 12.4. The Hall–Kier alpha value is -2.62. The van der Waals surface area contributed by atoms with Crippen LogP contribution in [0, 0.1) is 21.4 Å². The van der Waals surface area contributed by atoms with Gasteiger partial charge >= 0.3 is 5.69 Å². The maximum atomic E-state index is 12.4. The fourth-order valence-corrected chi connectivity index (χ4v) is 1.91. The van der Waals surface area contributed by atoms with E-state index in [9.17, 15) is 14.9 Å². The van der Waals surface area contributed by atoms with Crippen molar-refractivity contribution >= 4 is 17.3 Å². The Labute approximate surface area is 123 Å². The van der Waals surface area contributed by atoms with Crippen LogP contribution >= 0.6 is 0 Å². The average molecular weight is 290 g/mol. The number of anilines is 1. The van der Waals surface area contributed by atoms with Gasteiger partial charge in [0.25, 0.3) is 5.91 Å². The number of nitro groups is 1. The van der Waals surface area contributed by atoms with Gasteiger partial charge in [-0.25, -0.2) is 0 Å². The maximum Gasteiger partial charge on any atom is 0.305 e. The molecule has 0 fully saturated rings. The molecule has 0 spiro atoms. The van der Waals surface area contributed by atoms with Crippen molar-refractivity contribution in [2.45, 2.75) is 26.3 Å². The van der Waals surface area contributed by atoms with Gasteiger partial charge in [0.15, 0.2) is 0 Å². The van der Waals surface area contributed by atoms with E-state index in [0.717, 1.165) is 0 Å². The van der Waals surface area contributed by atoms with Gasteiger partial charge in [0.05, 0.1) is 17.4 Å². The van der Waals surface area contributed by atoms with Crippen LogP contribution in [0.4, 0.5) is 11.4 Å². The number of rotatable bonds is 6. The second-order valence-corrected chi connectivity index (χ2v) is 4.62. The van der Waals surface area contributed by atoms with Crippen LogP contribution in [0.2, 0.25) is 0 Å². The number of amides is 1. The zero-order valence-electron chi connectivity index (χ0n) is 12.3. The fourth-order valence-electron chi connectivity index (χ4n) is 1.91. The van der Waals surface area contributed by atoms with Gasteiger partial charge in [-0.1, -0.05) is 6.07 Å². The summed E-state index contributed by atoms with van der Waals surface area (Å²) in [4.78, 5) is 24.5. The van der Waals surface area contributed by atoms with E-state index in [-0.39, 0.29) is 23.7 Å². The van der Waals surface area contributed by atoms with Crippen molar-refractivity contribution in [1.29, 1.82) is 5.26 Å². The van der Waals surface area contributed by atoms with Crippen LogP contribution in [0.25, 0.3) is 0 Å². The molecule has 1 unspecified atom stereocenters. The molecular weight excluding hydrogens is 272 g/mol. The Morgan fingerprint density at radius 2 is 2.24 bits per heavy atom. The highest BCUT2D eigenvalue weighted by Crippen LogP contribution is 2.29. The topological polar surface area (TPSA) is 99.3 Å². The first-order valence-corrected chi connectivity index (χ1v) is 6.59. The monoisotopic (exact) mass is 290 g/mol. The van der Waals surface area contributed by atoms with Crippen LogP contribution in [0.3, 0.4) is 0 Å². The van der Waals surface area contributed by atoms with Gasteiger partial charge in [-0.3, -0.25) is 14.9 Å². The van der Waals surface area contributed by atoms with Gasteiger partial charge in [0, 0.05) is 19.6 Å². The SMILES string of the molecule is CCNc1cccc(C(=O)N(C)C(C)CC#N)c1[N+](=O)[O-]. The van der Waals surface area contributed by atoms with E-state index in [4.69, 9.17) is 5.26 Å². The number of nitriles is 1. The fraction of sp³-hybridized carbons (Fsp3) is 0.429. The van der Waals surface area contributed by atoms with Gasteiger partial charge < -0.3 is 10.2 Å². The Bertz CT molecular complexity index is 580. The van der Waals surface area contributed by atoms with E-state index in [2.05, 4.69) is 5.32 Å². The lowest BCUT2D eigenvalue weighted by Crippen LogP contribution is -2.35. The molecule has 1 rings (SSSR count). The molecule has 1 aromatic carbocycles. The van der Waals surface area contributed by atoms with Crippen molar-refractivity contribution in [2.24, 2.45) is 0 Å². The second-order valence-electron chi connectivity index (χ2n) is 4.62. The molecule has 7 heteroatoms. The van der Waals surface area contributed by atoms with Gasteiger partial charge in [0.2, 0.25) is 0 Å². The molecule has 112 valence electrons. The summed E-state index contributed by atoms with van der Waals surface area (Å²) in [5.74, 6) is -0.468. The zero-order valence-corrected chi connectivity index (χ0v) is 12.3. The Morgan fingerprint density at radius 3 is 2.76 bits per heavy atom. The minimum absolute atomic E-state index is 0.0192. The summed E-state index contributed by atoms with van der Waals surface area (Å²) in [6.45, 7) is 4.06. The molecule has 0 saturated carbocycles. The van der Waals surface area contributed by atoms with Crippen LogP contribution in [0.5, 0.6) is 0 Å². The predicted octanol–water partition coefficient (Wildman–Crippen LogP) is 2.40. The molecule has 1 aromatic rings. The quantitative estimate of drug-likeness (QED) is 0.640. The molecule has 0 aliphatic carbocycles. The highest BCUT2D eigenvalue weighted by molar-refractivity contribution is 6.00. The molecule has 7 nitrogen and oxygen atoms in total. The van der Waals surface area contributed by atoms with Crippen LogP contribution in [0.15, 0.2) is 18.2 Å². The van der Waals surface area contributed by atoms with E-state index < -0.39 is 10.8 Å². The van der Waals surface area contributed by atoms with Crippen molar-refractivity contribution in [3.8, 4) is 6.07 Å². The molecule has 0 aliphatic rings. The smallest absolute Gasteiger partial charge is 0.305 e. The van der Waals surface area contributed by atoms with E-state index in [0.29, 0.717) is 12.2 Å². The number of carbonyl (C=O) groups is 1. The zero-order chi connectivity index (χ0) is 16.0. The van der Waals surface area contributed by atoms with E-state index in [1.165, 1.54) is 18.0 Å². The lowest BCUT2D eigenvalue weighted by atomic mass is 10.1. The molecule has 0 radical (unpaired) electrons. The molecule has 1 amide bonds. The third kappa shape index (κ3) is 3.69. The summed E-state index contributed by atoms with van der Waals surface area (Å²) >= 11 is 0. The number of nitrogens with zero attached hydrogens (tertiary/aromatic N) is 3. The first-order valence-electron chi connectivity index (χ1n) is 6.59. The van der Waals surface area contributed by atoms with E-state index in [1.807, 2.05) is 13.0 Å². The van der Waals surface area contributed by atoms with Crippen molar-refractivity contribution in [3.05, 3.63) is 33.9 Å². The molecule has 1 N–H and O–H groups in total. The number of benzene rings is 1.